The molecule has 2 aliphatic heterocycles. The Balaban J connectivity index is -0.0000000570. The van der Waals surface area contributed by atoms with E-state index in [-0.39, 0.29) is 196 Å². The van der Waals surface area contributed by atoms with Crippen molar-refractivity contribution >= 4 is 125 Å². The van der Waals surface area contributed by atoms with Crippen LogP contribution in [0.4, 0.5) is 0 Å². The Labute approximate surface area is 503 Å². The summed E-state index contributed by atoms with van der Waals surface area (Å²) in [5.74, 6) is -0.0632. The first-order valence-electron chi connectivity index (χ1n) is 14.7. The van der Waals surface area contributed by atoms with Gasteiger partial charge in [0.25, 0.3) is 0 Å². The van der Waals surface area contributed by atoms with Gasteiger partial charge < -0.3 is 52.1 Å². The van der Waals surface area contributed by atoms with Gasteiger partial charge >= 0.3 is 170 Å². The molecule has 2 heterocycles. The standard InChI is InChI=1S/C12H19NO3S2.C9H15NO3S.C3H5Br.C3H6O3S2.BrH.5Na.H2O3S2.O3S.H/c1-3-7-17-18-8-9(2)11(14)13-6-4-5-10(13)12(15)16;1-6(5-14)8(11)10-4-2-3-7(10)9(12)13;1-2-3-4;1-2-3-7-8(4,5)6;;;;;;;1-5(2,3)4;1-4(2)3;/h3,9-10H,1,4-8H2,2H3,(H,15,16);6-7,14H,2-5H2,1H3,(H,12,13);2H,1,3H2;2H,1,3H2,(H,4,5,6);1H;;;;;;(H2,1,2,3,4);;/q;;;;;5*+1;;;-1/p-4/t9-,10-;6-,7+;;;;;;;;;;;/m01.........../s1. The first-order chi connectivity index (χ1) is 24.4. The monoisotopic (exact) mass is 1170 g/mol. The molecule has 32 heteroatoms. The fourth-order valence-electron chi connectivity index (χ4n) is 3.67. The summed E-state index contributed by atoms with van der Waals surface area (Å²) in [5, 5.41) is 18.8. The summed E-state index contributed by atoms with van der Waals surface area (Å²) in [6.45, 7) is 15.1. The number of likely N-dealkylation sites (tertiary alicyclic amines) is 2. The van der Waals surface area contributed by atoms with Crippen LogP contribution in [0.15, 0.2) is 38.0 Å². The Bertz CT molecular complexity index is 1490. The van der Waals surface area contributed by atoms with Crippen LogP contribution in [0.25, 0.3) is 0 Å². The molecule has 2 saturated heterocycles. The molecule has 0 aromatic rings. The van der Waals surface area contributed by atoms with Gasteiger partial charge in [0.05, 0.1) is 0 Å². The van der Waals surface area contributed by atoms with Gasteiger partial charge in [0.2, 0.25) is 11.8 Å². The topological polar surface area (TPSA) is 287 Å². The molecule has 2 N–H and O–H groups in total. The van der Waals surface area contributed by atoms with Crippen molar-refractivity contribution in [1.29, 1.82) is 0 Å². The molecule has 0 bridgehead atoms. The molecule has 0 spiro atoms. The zero-order valence-electron chi connectivity index (χ0n) is 35.1. The first-order valence-corrected chi connectivity index (χ1v) is 25.2. The van der Waals surface area contributed by atoms with E-state index in [0.29, 0.717) is 48.2 Å². The van der Waals surface area contributed by atoms with Crippen molar-refractivity contribution < 1.29 is 234 Å². The molecule has 0 radical (unpaired) electrons. The van der Waals surface area contributed by atoms with Crippen molar-refractivity contribution in [3.05, 3.63) is 38.0 Å². The maximum absolute atomic E-state index is 12.1. The predicted octanol–water partition coefficient (Wildman–Crippen LogP) is -15.0. The fourth-order valence-corrected chi connectivity index (χ4v) is 6.99. The molecule has 17 nitrogen and oxygen atoms in total. The summed E-state index contributed by atoms with van der Waals surface area (Å²) in [6.07, 6.45) is 7.69. The molecule has 2 fully saturated rings. The molecule has 2 rings (SSSR count). The minimum Gasteiger partial charge on any atom is -1.00 e. The third-order valence-electron chi connectivity index (χ3n) is 5.79. The summed E-state index contributed by atoms with van der Waals surface area (Å²) in [4.78, 5) is 48.7. The number of aliphatic carboxylic acids is 2. The summed E-state index contributed by atoms with van der Waals surface area (Å²) < 4.78 is 81.3. The molecule has 0 saturated carbocycles. The molecule has 0 unspecified atom stereocenters. The predicted molar refractivity (Wildman–Crippen MR) is 216 cm³/mol. The van der Waals surface area contributed by atoms with E-state index < -0.39 is 52.8 Å². The molecule has 4 atom stereocenters. The molecule has 2 aliphatic rings. The molecular formula is C27H45Br2N2Na5O15S8. The van der Waals surface area contributed by atoms with Gasteiger partial charge in [-0.05, 0) is 47.7 Å². The molecule has 320 valence electrons. The van der Waals surface area contributed by atoms with Crippen LogP contribution < -0.4 is 165 Å². The molecule has 0 aromatic heterocycles. The Kier molecular flexibility index (Phi) is 78.0. The van der Waals surface area contributed by atoms with Gasteiger partial charge in [0.1, 0.15) is 21.2 Å². The third kappa shape index (κ3) is 58.3. The van der Waals surface area contributed by atoms with Crippen molar-refractivity contribution in [2.45, 2.75) is 51.6 Å². The number of alkyl halides is 1. The van der Waals surface area contributed by atoms with Gasteiger partial charge in [-0.1, -0.05) is 69.6 Å². The molecule has 0 aromatic carbocycles. The molecule has 0 aliphatic carbocycles. The van der Waals surface area contributed by atoms with Crippen molar-refractivity contribution in [2.75, 3.05) is 41.4 Å². The number of hydrogen-bond donors (Lipinski definition) is 3. The first kappa shape index (κ1) is 86.5. The van der Waals surface area contributed by atoms with E-state index in [1.165, 1.54) is 15.9 Å². The minimum atomic E-state index is -4.33. The van der Waals surface area contributed by atoms with E-state index >= 15 is 0 Å². The minimum absolute atomic E-state index is 0. The number of carbonyl (C=O) groups excluding carboxylic acids is 2. The van der Waals surface area contributed by atoms with E-state index in [1.807, 2.05) is 13.0 Å². The second-order valence-corrected chi connectivity index (χ2v) is 19.3. The number of hydrogen-bond acceptors (Lipinski definition) is 18. The van der Waals surface area contributed by atoms with Crippen LogP contribution in [-0.2, 0) is 59.2 Å². The Morgan fingerprint density at radius 2 is 1.15 bits per heavy atom. The Morgan fingerprint density at radius 1 is 0.831 bits per heavy atom. The number of halogens is 2. The van der Waals surface area contributed by atoms with E-state index in [0.717, 1.165) is 23.9 Å². The van der Waals surface area contributed by atoms with E-state index in [1.54, 1.807) is 34.6 Å². The van der Waals surface area contributed by atoms with Crippen LogP contribution in [0.2, 0.25) is 0 Å². The van der Waals surface area contributed by atoms with Crippen LogP contribution >= 0.6 is 60.9 Å². The number of carboxylic acids is 2. The SMILES string of the molecule is C=CCBr.C=CCSS(=O)(=O)[O-].C=CCSSC[C@H](C)C(=O)N1CCC[C@H]1C(=O)O.C[C@H](CS)C(=O)N1CCC[C@H]1C(=O)O.O=S(=O)=O.O=S([O-])([O-])=S.[Br-].[H-].[Na+].[Na+].[Na+].[Na+].[Na+]. The van der Waals surface area contributed by atoms with Gasteiger partial charge in [-0.15, -0.1) is 41.4 Å². The number of allylic oxidation sites excluding steroid dienone is 1. The van der Waals surface area contributed by atoms with E-state index in [2.05, 4.69) is 59.5 Å². The fraction of sp³-hybridized carbons (Fsp3) is 0.630. The smallest absolute Gasteiger partial charge is 1.00 e. The van der Waals surface area contributed by atoms with Crippen LogP contribution in [-0.4, -0.2) is 136 Å². The number of carboxylic acid groups (broad SMARTS) is 2. The zero-order chi connectivity index (χ0) is 42.4. The quantitative estimate of drug-likeness (QED) is 0.0277. The van der Waals surface area contributed by atoms with Gasteiger partial charge in [0, 0.05) is 53.3 Å². The zero-order valence-corrected chi connectivity index (χ0v) is 53.9. The number of amides is 2. The second-order valence-electron chi connectivity index (χ2n) is 9.93. The van der Waals surface area contributed by atoms with Gasteiger partial charge in [0.15, 0.2) is 0 Å². The van der Waals surface area contributed by atoms with Gasteiger partial charge in [-0.2, -0.15) is 12.6 Å². The third-order valence-corrected chi connectivity index (χ3v) is 11.2. The van der Waals surface area contributed by atoms with E-state index in [4.69, 9.17) is 36.2 Å². The number of rotatable bonds is 14. The van der Waals surface area contributed by atoms with Crippen molar-refractivity contribution in [2.24, 2.45) is 11.8 Å². The largest absolute Gasteiger partial charge is 1.00 e. The molecular weight excluding hydrogens is 1120 g/mol. The Morgan fingerprint density at radius 3 is 1.39 bits per heavy atom. The average Bonchev–Trinajstić information content (AvgIpc) is 3.75. The summed E-state index contributed by atoms with van der Waals surface area (Å²) in [5.41, 5.74) is 0. The van der Waals surface area contributed by atoms with Crippen molar-refractivity contribution in [1.82, 2.24) is 9.80 Å². The average molecular weight is 1170 g/mol. The summed E-state index contributed by atoms with van der Waals surface area (Å²) in [7, 11) is -7.91. The number of thiol groups is 1. The van der Waals surface area contributed by atoms with E-state index in [9.17, 15) is 32.1 Å². The van der Waals surface area contributed by atoms with Gasteiger partial charge in [-0.3, -0.25) is 13.8 Å². The van der Waals surface area contributed by atoms with Crippen LogP contribution in [0.3, 0.4) is 0 Å². The normalized spacial score (nSPS) is 15.2. The van der Waals surface area contributed by atoms with Crippen LogP contribution in [0.1, 0.15) is 41.0 Å². The Hall–Kier alpha value is 4.28. The number of carbonyl (C=O) groups is 4. The summed E-state index contributed by atoms with van der Waals surface area (Å²) >= 11 is 10.4. The maximum atomic E-state index is 12.1. The summed E-state index contributed by atoms with van der Waals surface area (Å²) in [6, 6.07) is -1.24. The van der Waals surface area contributed by atoms with Crippen LogP contribution in [0, 0.1) is 11.8 Å². The number of nitrogens with zero attached hydrogens (tertiary/aromatic N) is 2. The van der Waals surface area contributed by atoms with Crippen molar-refractivity contribution in [3.8, 4) is 0 Å². The second kappa shape index (κ2) is 53.2. The van der Waals surface area contributed by atoms with Crippen molar-refractivity contribution in [3.63, 3.8) is 0 Å². The van der Waals surface area contributed by atoms with Gasteiger partial charge in [-0.25, -0.2) is 18.0 Å². The van der Waals surface area contributed by atoms with Crippen LogP contribution in [0.5, 0.6) is 0 Å². The molecule has 2 amide bonds. The maximum Gasteiger partial charge on any atom is 1.00 e. The molecule has 59 heavy (non-hydrogen) atoms.